The first kappa shape index (κ1) is 12.4. The number of rotatable bonds is 4. The third-order valence-corrected chi connectivity index (χ3v) is 2.18. The normalized spacial score (nSPS) is 11.9. The zero-order chi connectivity index (χ0) is 12.1. The fourth-order valence-corrected chi connectivity index (χ4v) is 1.26. The third kappa shape index (κ3) is 3.48. The van der Waals surface area contributed by atoms with Crippen molar-refractivity contribution in [1.29, 1.82) is 5.26 Å². The van der Waals surface area contributed by atoms with E-state index in [9.17, 15) is 5.11 Å². The molecule has 16 heavy (non-hydrogen) atoms. The van der Waals surface area contributed by atoms with Crippen molar-refractivity contribution < 1.29 is 5.11 Å². The van der Waals surface area contributed by atoms with Crippen LogP contribution < -0.4 is 4.90 Å². The number of hydrogen-bond donors (Lipinski definition) is 1. The Morgan fingerprint density at radius 2 is 2.25 bits per heavy atom. The highest BCUT2D eigenvalue weighted by atomic mass is 16.3. The molecule has 0 aliphatic carbocycles. The monoisotopic (exact) mass is 220 g/mol. The first-order chi connectivity index (χ1) is 7.52. The van der Waals surface area contributed by atoms with E-state index in [1.54, 1.807) is 13.0 Å². The number of aliphatic hydroxyl groups excluding tert-OH is 1. The second kappa shape index (κ2) is 5.42. The molecule has 0 amide bonds. The fraction of sp³-hybridized carbons (Fsp3) is 0.545. The van der Waals surface area contributed by atoms with Crippen LogP contribution in [-0.2, 0) is 0 Å². The van der Waals surface area contributed by atoms with Crippen LogP contribution in [0.2, 0.25) is 0 Å². The van der Waals surface area contributed by atoms with Gasteiger partial charge in [0, 0.05) is 19.3 Å². The van der Waals surface area contributed by atoms with E-state index in [0.717, 1.165) is 5.69 Å². The van der Waals surface area contributed by atoms with Crippen LogP contribution in [0.1, 0.15) is 24.7 Å². The summed E-state index contributed by atoms with van der Waals surface area (Å²) in [7, 11) is 1.85. The van der Waals surface area contributed by atoms with Gasteiger partial charge in [-0.25, -0.2) is 9.97 Å². The van der Waals surface area contributed by atoms with Crippen molar-refractivity contribution in [2.24, 2.45) is 0 Å². The van der Waals surface area contributed by atoms with E-state index in [1.807, 2.05) is 24.9 Å². The van der Waals surface area contributed by atoms with Gasteiger partial charge in [0.15, 0.2) is 0 Å². The molecule has 86 valence electrons. The molecule has 1 aromatic rings. The Bertz CT molecular complexity index is 397. The molecular formula is C11H16N4O. The quantitative estimate of drug-likeness (QED) is 0.814. The lowest BCUT2D eigenvalue weighted by Crippen LogP contribution is -2.24. The Labute approximate surface area is 95.4 Å². The SMILES string of the molecule is Cc1cc(C#N)nc(N(C)CCC(C)O)n1. The molecular weight excluding hydrogens is 204 g/mol. The van der Waals surface area contributed by atoms with Crippen LogP contribution in [0.3, 0.4) is 0 Å². The topological polar surface area (TPSA) is 73.0 Å². The Morgan fingerprint density at radius 1 is 1.56 bits per heavy atom. The molecule has 0 spiro atoms. The van der Waals surface area contributed by atoms with Gasteiger partial charge in [-0.2, -0.15) is 5.26 Å². The summed E-state index contributed by atoms with van der Waals surface area (Å²) in [5, 5.41) is 18.0. The second-order valence-corrected chi connectivity index (χ2v) is 3.87. The molecule has 0 aromatic carbocycles. The summed E-state index contributed by atoms with van der Waals surface area (Å²) in [6.45, 7) is 4.23. The number of anilines is 1. The van der Waals surface area contributed by atoms with Crippen molar-refractivity contribution in [3.8, 4) is 6.07 Å². The first-order valence-electron chi connectivity index (χ1n) is 5.18. The molecule has 0 aliphatic heterocycles. The van der Waals surface area contributed by atoms with E-state index in [-0.39, 0.29) is 6.10 Å². The molecule has 1 unspecified atom stereocenters. The van der Waals surface area contributed by atoms with E-state index in [1.165, 1.54) is 0 Å². The van der Waals surface area contributed by atoms with Crippen LogP contribution in [0.4, 0.5) is 5.95 Å². The molecule has 0 radical (unpaired) electrons. The number of aromatic nitrogens is 2. The van der Waals surface area contributed by atoms with E-state index in [4.69, 9.17) is 5.26 Å². The molecule has 0 aliphatic rings. The van der Waals surface area contributed by atoms with E-state index >= 15 is 0 Å². The van der Waals surface area contributed by atoms with Gasteiger partial charge in [0.05, 0.1) is 6.10 Å². The van der Waals surface area contributed by atoms with E-state index in [2.05, 4.69) is 9.97 Å². The zero-order valence-electron chi connectivity index (χ0n) is 9.80. The zero-order valence-corrected chi connectivity index (χ0v) is 9.80. The Hall–Kier alpha value is -1.67. The van der Waals surface area contributed by atoms with Gasteiger partial charge in [0.25, 0.3) is 0 Å². The number of aryl methyl sites for hydroxylation is 1. The van der Waals surface area contributed by atoms with Crippen molar-refractivity contribution in [3.63, 3.8) is 0 Å². The van der Waals surface area contributed by atoms with Gasteiger partial charge >= 0.3 is 0 Å². The van der Waals surface area contributed by atoms with Gasteiger partial charge in [-0.05, 0) is 26.3 Å². The first-order valence-corrected chi connectivity index (χ1v) is 5.18. The lowest BCUT2D eigenvalue weighted by Gasteiger charge is -2.18. The maximum atomic E-state index is 9.18. The van der Waals surface area contributed by atoms with E-state index < -0.39 is 0 Å². The highest BCUT2D eigenvalue weighted by Crippen LogP contribution is 2.09. The highest BCUT2D eigenvalue weighted by molar-refractivity contribution is 5.34. The van der Waals surface area contributed by atoms with Gasteiger partial charge in [-0.15, -0.1) is 0 Å². The molecule has 1 rings (SSSR count). The fourth-order valence-electron chi connectivity index (χ4n) is 1.26. The van der Waals surface area contributed by atoms with E-state index in [0.29, 0.717) is 24.6 Å². The smallest absolute Gasteiger partial charge is 0.226 e. The summed E-state index contributed by atoms with van der Waals surface area (Å²) >= 11 is 0. The Balaban J connectivity index is 2.79. The van der Waals surface area contributed by atoms with Crippen LogP contribution in [0.25, 0.3) is 0 Å². The predicted octanol–water partition coefficient (Wildman–Crippen LogP) is 0.864. The lowest BCUT2D eigenvalue weighted by atomic mass is 10.3. The molecule has 1 atom stereocenters. The molecule has 0 saturated carbocycles. The van der Waals surface area contributed by atoms with Crippen LogP contribution >= 0.6 is 0 Å². The minimum atomic E-state index is -0.345. The molecule has 0 fully saturated rings. The van der Waals surface area contributed by atoms with Crippen LogP contribution in [0.5, 0.6) is 0 Å². The molecule has 1 heterocycles. The molecule has 0 saturated heterocycles. The standard InChI is InChI=1S/C11H16N4O/c1-8-6-10(7-12)14-11(13-8)15(3)5-4-9(2)16/h6,9,16H,4-5H2,1-3H3. The van der Waals surface area contributed by atoms with Gasteiger partial charge < -0.3 is 10.0 Å². The number of nitriles is 1. The van der Waals surface area contributed by atoms with Crippen molar-refractivity contribution >= 4 is 5.95 Å². The Morgan fingerprint density at radius 3 is 2.81 bits per heavy atom. The maximum Gasteiger partial charge on any atom is 0.226 e. The van der Waals surface area contributed by atoms with Gasteiger partial charge in [-0.1, -0.05) is 0 Å². The van der Waals surface area contributed by atoms with Crippen molar-refractivity contribution in [2.75, 3.05) is 18.5 Å². The molecule has 0 bridgehead atoms. The average Bonchev–Trinajstić information content (AvgIpc) is 2.24. The molecule has 1 aromatic heterocycles. The van der Waals surface area contributed by atoms with Crippen molar-refractivity contribution in [3.05, 3.63) is 17.5 Å². The third-order valence-electron chi connectivity index (χ3n) is 2.18. The second-order valence-electron chi connectivity index (χ2n) is 3.87. The predicted molar refractivity (Wildman–Crippen MR) is 61.1 cm³/mol. The van der Waals surface area contributed by atoms with Crippen molar-refractivity contribution in [2.45, 2.75) is 26.4 Å². The number of hydrogen-bond acceptors (Lipinski definition) is 5. The van der Waals surface area contributed by atoms with Gasteiger partial charge in [-0.3, -0.25) is 0 Å². The van der Waals surface area contributed by atoms with Crippen LogP contribution in [0, 0.1) is 18.3 Å². The van der Waals surface area contributed by atoms with Crippen LogP contribution in [0.15, 0.2) is 6.07 Å². The summed E-state index contributed by atoms with van der Waals surface area (Å²) in [6, 6.07) is 3.65. The van der Waals surface area contributed by atoms with Crippen molar-refractivity contribution in [1.82, 2.24) is 9.97 Å². The molecule has 5 nitrogen and oxygen atoms in total. The minimum absolute atomic E-state index is 0.345. The average molecular weight is 220 g/mol. The van der Waals surface area contributed by atoms with Gasteiger partial charge in [0.1, 0.15) is 11.8 Å². The largest absolute Gasteiger partial charge is 0.393 e. The summed E-state index contributed by atoms with van der Waals surface area (Å²) in [6.07, 6.45) is 0.304. The Kier molecular flexibility index (Phi) is 4.20. The molecule has 5 heteroatoms. The van der Waals surface area contributed by atoms with Crippen LogP contribution in [-0.4, -0.2) is 34.8 Å². The summed E-state index contributed by atoms with van der Waals surface area (Å²) in [4.78, 5) is 10.2. The molecule has 1 N–H and O–H groups in total. The highest BCUT2D eigenvalue weighted by Gasteiger charge is 2.08. The lowest BCUT2D eigenvalue weighted by molar-refractivity contribution is 0.186. The number of nitrogens with zero attached hydrogens (tertiary/aromatic N) is 4. The number of aliphatic hydroxyl groups is 1. The minimum Gasteiger partial charge on any atom is -0.393 e. The van der Waals surface area contributed by atoms with Gasteiger partial charge in [0.2, 0.25) is 5.95 Å². The maximum absolute atomic E-state index is 9.18. The summed E-state index contributed by atoms with van der Waals surface area (Å²) < 4.78 is 0. The summed E-state index contributed by atoms with van der Waals surface area (Å²) in [5.41, 5.74) is 1.14. The summed E-state index contributed by atoms with van der Waals surface area (Å²) in [5.74, 6) is 0.525.